The second-order valence-corrected chi connectivity index (χ2v) is 4.55. The molecule has 0 radical (unpaired) electrons. The molecule has 0 aliphatic rings. The molecule has 110 valence electrons. The second kappa shape index (κ2) is 7.55. The molecule has 0 bridgehead atoms. The number of carbonyl (C=O) groups is 2. The first-order valence-corrected chi connectivity index (χ1v) is 6.63. The number of nitriles is 1. The number of anilines is 1. The molecule has 2 rings (SSSR count). The van der Waals surface area contributed by atoms with Gasteiger partial charge in [0, 0.05) is 24.6 Å². The van der Waals surface area contributed by atoms with E-state index in [1.807, 2.05) is 6.07 Å². The summed E-state index contributed by atoms with van der Waals surface area (Å²) in [5.74, 6) is -0.764. The van der Waals surface area contributed by atoms with Crippen molar-refractivity contribution in [1.82, 2.24) is 10.3 Å². The van der Waals surface area contributed by atoms with E-state index in [2.05, 4.69) is 15.6 Å². The molecule has 2 aromatic rings. The van der Waals surface area contributed by atoms with Gasteiger partial charge in [-0.3, -0.25) is 14.6 Å². The van der Waals surface area contributed by atoms with E-state index in [0.717, 1.165) is 5.56 Å². The Morgan fingerprint density at radius 2 is 1.73 bits per heavy atom. The molecular formula is C16H14N4O2. The SMILES string of the molecule is N#Cc1ccc(NC(=O)CC(=O)NCc2ccncc2)cc1. The van der Waals surface area contributed by atoms with Crippen molar-refractivity contribution in [1.29, 1.82) is 5.26 Å². The number of rotatable bonds is 5. The minimum Gasteiger partial charge on any atom is -0.352 e. The molecule has 0 aliphatic heterocycles. The summed E-state index contributed by atoms with van der Waals surface area (Å²) in [6, 6.07) is 12.0. The Balaban J connectivity index is 1.78. The molecule has 1 heterocycles. The van der Waals surface area contributed by atoms with Crippen LogP contribution in [0.15, 0.2) is 48.8 Å². The van der Waals surface area contributed by atoms with Gasteiger partial charge in [0.1, 0.15) is 6.42 Å². The van der Waals surface area contributed by atoms with Crippen molar-refractivity contribution in [2.75, 3.05) is 5.32 Å². The number of aromatic nitrogens is 1. The third-order valence-electron chi connectivity index (χ3n) is 2.86. The Kier molecular flexibility index (Phi) is 5.21. The Hall–Kier alpha value is -3.20. The summed E-state index contributed by atoms with van der Waals surface area (Å²) in [5.41, 5.74) is 1.97. The van der Waals surface area contributed by atoms with Crippen molar-refractivity contribution < 1.29 is 9.59 Å². The van der Waals surface area contributed by atoms with Crippen molar-refractivity contribution in [2.24, 2.45) is 0 Å². The van der Waals surface area contributed by atoms with Crippen LogP contribution in [-0.2, 0) is 16.1 Å². The first-order valence-electron chi connectivity index (χ1n) is 6.63. The quantitative estimate of drug-likeness (QED) is 0.819. The number of hydrogen-bond acceptors (Lipinski definition) is 4. The van der Waals surface area contributed by atoms with Crippen LogP contribution in [-0.4, -0.2) is 16.8 Å². The lowest BCUT2D eigenvalue weighted by Crippen LogP contribution is -2.27. The maximum Gasteiger partial charge on any atom is 0.233 e. The maximum atomic E-state index is 11.7. The fourth-order valence-corrected chi connectivity index (χ4v) is 1.74. The zero-order valence-corrected chi connectivity index (χ0v) is 11.7. The van der Waals surface area contributed by atoms with Gasteiger partial charge >= 0.3 is 0 Å². The van der Waals surface area contributed by atoms with E-state index >= 15 is 0 Å². The Morgan fingerprint density at radius 3 is 2.36 bits per heavy atom. The number of amides is 2. The largest absolute Gasteiger partial charge is 0.352 e. The van der Waals surface area contributed by atoms with E-state index in [9.17, 15) is 9.59 Å². The number of pyridine rings is 1. The molecule has 6 heteroatoms. The summed E-state index contributed by atoms with van der Waals surface area (Å²) in [4.78, 5) is 27.3. The normalized spacial score (nSPS) is 9.59. The molecule has 6 nitrogen and oxygen atoms in total. The summed E-state index contributed by atoms with van der Waals surface area (Å²) in [7, 11) is 0. The fraction of sp³-hybridized carbons (Fsp3) is 0.125. The van der Waals surface area contributed by atoms with Crippen LogP contribution >= 0.6 is 0 Å². The summed E-state index contributed by atoms with van der Waals surface area (Å²) in [5, 5.41) is 14.0. The Morgan fingerprint density at radius 1 is 1.05 bits per heavy atom. The molecule has 0 saturated carbocycles. The number of hydrogen-bond donors (Lipinski definition) is 2. The van der Waals surface area contributed by atoms with Gasteiger partial charge in [0.15, 0.2) is 0 Å². The van der Waals surface area contributed by atoms with Gasteiger partial charge in [-0.15, -0.1) is 0 Å². The predicted molar refractivity (Wildman–Crippen MR) is 80.5 cm³/mol. The molecule has 1 aromatic heterocycles. The van der Waals surface area contributed by atoms with Gasteiger partial charge in [0.25, 0.3) is 0 Å². The molecule has 2 N–H and O–H groups in total. The predicted octanol–water partition coefficient (Wildman–Crippen LogP) is 1.60. The minimum absolute atomic E-state index is 0.259. The third-order valence-corrected chi connectivity index (χ3v) is 2.86. The average Bonchev–Trinajstić information content (AvgIpc) is 2.54. The van der Waals surface area contributed by atoms with E-state index in [4.69, 9.17) is 5.26 Å². The van der Waals surface area contributed by atoms with Gasteiger partial charge in [-0.05, 0) is 42.0 Å². The Labute approximate surface area is 127 Å². The zero-order chi connectivity index (χ0) is 15.8. The molecule has 2 amide bonds. The average molecular weight is 294 g/mol. The van der Waals surface area contributed by atoms with Crippen LogP contribution in [0.4, 0.5) is 5.69 Å². The van der Waals surface area contributed by atoms with Crippen LogP contribution in [0.25, 0.3) is 0 Å². The van der Waals surface area contributed by atoms with E-state index in [1.165, 1.54) is 0 Å². The van der Waals surface area contributed by atoms with Crippen LogP contribution in [0.3, 0.4) is 0 Å². The molecular weight excluding hydrogens is 280 g/mol. The van der Waals surface area contributed by atoms with Crippen molar-refractivity contribution >= 4 is 17.5 Å². The first kappa shape index (κ1) is 15.2. The highest BCUT2D eigenvalue weighted by Crippen LogP contribution is 2.09. The first-order chi connectivity index (χ1) is 10.7. The number of nitrogens with zero attached hydrogens (tertiary/aromatic N) is 2. The van der Waals surface area contributed by atoms with E-state index < -0.39 is 5.91 Å². The topological polar surface area (TPSA) is 94.9 Å². The van der Waals surface area contributed by atoms with Crippen LogP contribution in [0, 0.1) is 11.3 Å². The zero-order valence-electron chi connectivity index (χ0n) is 11.7. The van der Waals surface area contributed by atoms with Crippen LogP contribution in [0.5, 0.6) is 0 Å². The second-order valence-electron chi connectivity index (χ2n) is 4.55. The minimum atomic E-state index is -0.406. The van der Waals surface area contributed by atoms with Gasteiger partial charge in [0.2, 0.25) is 11.8 Å². The van der Waals surface area contributed by atoms with Gasteiger partial charge in [-0.1, -0.05) is 0 Å². The van der Waals surface area contributed by atoms with Crippen molar-refractivity contribution in [3.05, 3.63) is 59.9 Å². The lowest BCUT2D eigenvalue weighted by molar-refractivity contribution is -0.126. The highest BCUT2D eigenvalue weighted by Gasteiger charge is 2.09. The fourth-order valence-electron chi connectivity index (χ4n) is 1.74. The lowest BCUT2D eigenvalue weighted by atomic mass is 10.2. The van der Waals surface area contributed by atoms with Crippen LogP contribution < -0.4 is 10.6 Å². The molecule has 0 atom stereocenters. The van der Waals surface area contributed by atoms with Crippen molar-refractivity contribution in [2.45, 2.75) is 13.0 Å². The van der Waals surface area contributed by atoms with Crippen molar-refractivity contribution in [3.8, 4) is 6.07 Å². The molecule has 0 saturated heterocycles. The lowest BCUT2D eigenvalue weighted by Gasteiger charge is -2.06. The van der Waals surface area contributed by atoms with E-state index in [0.29, 0.717) is 17.8 Å². The summed E-state index contributed by atoms with van der Waals surface area (Å²) < 4.78 is 0. The molecule has 1 aromatic carbocycles. The highest BCUT2D eigenvalue weighted by atomic mass is 16.2. The summed E-state index contributed by atoms with van der Waals surface area (Å²) in [6.07, 6.45) is 3.02. The number of nitrogens with one attached hydrogen (secondary N) is 2. The maximum absolute atomic E-state index is 11.7. The Bertz CT molecular complexity index is 690. The monoisotopic (exact) mass is 294 g/mol. The molecule has 22 heavy (non-hydrogen) atoms. The molecule has 0 unspecified atom stereocenters. The summed E-state index contributed by atoms with van der Waals surface area (Å²) >= 11 is 0. The van der Waals surface area contributed by atoms with Gasteiger partial charge in [-0.2, -0.15) is 5.26 Å². The van der Waals surface area contributed by atoms with Gasteiger partial charge < -0.3 is 10.6 Å². The standard InChI is InChI=1S/C16H14N4O2/c17-10-12-1-3-14(4-2-12)20-16(22)9-15(21)19-11-13-5-7-18-8-6-13/h1-8H,9,11H2,(H,19,21)(H,20,22). The number of carbonyl (C=O) groups excluding carboxylic acids is 2. The van der Waals surface area contributed by atoms with Crippen molar-refractivity contribution in [3.63, 3.8) is 0 Å². The summed E-state index contributed by atoms with van der Waals surface area (Å²) in [6.45, 7) is 0.353. The van der Waals surface area contributed by atoms with Gasteiger partial charge in [0.05, 0.1) is 11.6 Å². The molecule has 0 aliphatic carbocycles. The third kappa shape index (κ3) is 4.72. The van der Waals surface area contributed by atoms with Crippen LogP contribution in [0.2, 0.25) is 0 Å². The number of benzene rings is 1. The van der Waals surface area contributed by atoms with Gasteiger partial charge in [-0.25, -0.2) is 0 Å². The molecule has 0 spiro atoms. The van der Waals surface area contributed by atoms with E-state index in [1.54, 1.807) is 48.8 Å². The van der Waals surface area contributed by atoms with Crippen LogP contribution in [0.1, 0.15) is 17.5 Å². The smallest absolute Gasteiger partial charge is 0.233 e. The van der Waals surface area contributed by atoms with E-state index in [-0.39, 0.29) is 12.3 Å². The highest BCUT2D eigenvalue weighted by molar-refractivity contribution is 6.03. The molecule has 0 fully saturated rings.